The molecule has 0 spiro atoms. The monoisotopic (exact) mass is 298 g/mol. The van der Waals surface area contributed by atoms with Crippen LogP contribution < -0.4 is 10.4 Å². The van der Waals surface area contributed by atoms with Gasteiger partial charge in [0.15, 0.2) is 0 Å². The fraction of sp³-hybridized carbons (Fsp3) is 0.222. The first-order valence-electron chi connectivity index (χ1n) is 7.36. The van der Waals surface area contributed by atoms with Crippen molar-refractivity contribution in [1.82, 2.24) is 0 Å². The average molecular weight is 298 g/mol. The topological polar surface area (TPSA) is 18.5 Å². The molecule has 0 aromatic heterocycles. The molecule has 0 bridgehead atoms. The van der Waals surface area contributed by atoms with Crippen molar-refractivity contribution in [2.45, 2.75) is 12.8 Å². The zero-order valence-electron chi connectivity index (χ0n) is 12.3. The Labute approximate surface area is 128 Å². The van der Waals surface area contributed by atoms with Crippen LogP contribution in [0.15, 0.2) is 73.5 Å². The van der Waals surface area contributed by atoms with Crippen LogP contribution in [0.4, 0.5) is 0 Å². The highest BCUT2D eigenvalue weighted by molar-refractivity contribution is 6.80. The molecular weight excluding hydrogens is 276 g/mol. The molecule has 21 heavy (non-hydrogen) atoms. The molecule has 0 saturated carbocycles. The standard InChI is InChI=1S/C18H22O2Si/c1-2-19-15-9-10-16-20-21(17-11-5-3-6-12-17)18-13-7-4-8-14-18/h2-8,11-14,21H,1,9-10,15-16H2. The zero-order chi connectivity index (χ0) is 14.8. The Morgan fingerprint density at radius 1 is 0.810 bits per heavy atom. The molecule has 2 rings (SSSR count). The summed E-state index contributed by atoms with van der Waals surface area (Å²) in [5.74, 6) is 0. The van der Waals surface area contributed by atoms with Crippen LogP contribution in [0.5, 0.6) is 0 Å². The van der Waals surface area contributed by atoms with E-state index in [1.54, 1.807) is 0 Å². The fourth-order valence-electron chi connectivity index (χ4n) is 2.21. The Morgan fingerprint density at radius 3 is 1.86 bits per heavy atom. The van der Waals surface area contributed by atoms with Gasteiger partial charge in [-0.15, -0.1) is 0 Å². The molecule has 0 fully saturated rings. The smallest absolute Gasteiger partial charge is 0.239 e. The van der Waals surface area contributed by atoms with Crippen LogP contribution >= 0.6 is 0 Å². The largest absolute Gasteiger partial charge is 0.502 e. The number of rotatable bonds is 9. The van der Waals surface area contributed by atoms with E-state index in [1.807, 2.05) is 12.1 Å². The maximum Gasteiger partial charge on any atom is 0.239 e. The summed E-state index contributed by atoms with van der Waals surface area (Å²) >= 11 is 0. The van der Waals surface area contributed by atoms with Gasteiger partial charge in [0, 0.05) is 6.61 Å². The van der Waals surface area contributed by atoms with Crippen LogP contribution in [-0.4, -0.2) is 22.3 Å². The van der Waals surface area contributed by atoms with Gasteiger partial charge >= 0.3 is 0 Å². The van der Waals surface area contributed by atoms with Gasteiger partial charge in [0.05, 0.1) is 12.9 Å². The van der Waals surface area contributed by atoms with Crippen molar-refractivity contribution < 1.29 is 9.16 Å². The van der Waals surface area contributed by atoms with Crippen molar-refractivity contribution in [2.75, 3.05) is 13.2 Å². The Kier molecular flexibility index (Phi) is 6.78. The highest BCUT2D eigenvalue weighted by Gasteiger charge is 2.16. The lowest BCUT2D eigenvalue weighted by molar-refractivity contribution is 0.228. The van der Waals surface area contributed by atoms with Gasteiger partial charge < -0.3 is 9.16 Å². The second-order valence-corrected chi connectivity index (χ2v) is 7.24. The van der Waals surface area contributed by atoms with E-state index in [0.29, 0.717) is 0 Å². The second kappa shape index (κ2) is 9.16. The summed E-state index contributed by atoms with van der Waals surface area (Å²) in [5.41, 5.74) is 0. The summed E-state index contributed by atoms with van der Waals surface area (Å²) in [4.78, 5) is 0. The molecule has 0 unspecified atom stereocenters. The van der Waals surface area contributed by atoms with Gasteiger partial charge in [0.25, 0.3) is 0 Å². The molecule has 0 heterocycles. The van der Waals surface area contributed by atoms with E-state index < -0.39 is 9.04 Å². The number of hydrogen-bond acceptors (Lipinski definition) is 2. The van der Waals surface area contributed by atoms with Crippen molar-refractivity contribution in [1.29, 1.82) is 0 Å². The third kappa shape index (κ3) is 5.21. The molecule has 0 aliphatic carbocycles. The summed E-state index contributed by atoms with van der Waals surface area (Å²) in [5, 5.41) is 2.65. The quantitative estimate of drug-likeness (QED) is 0.402. The van der Waals surface area contributed by atoms with Gasteiger partial charge in [-0.25, -0.2) is 0 Å². The zero-order valence-corrected chi connectivity index (χ0v) is 13.4. The van der Waals surface area contributed by atoms with Crippen LogP contribution in [-0.2, 0) is 9.16 Å². The third-order valence-electron chi connectivity index (χ3n) is 3.26. The molecule has 2 nitrogen and oxygen atoms in total. The Morgan fingerprint density at radius 2 is 1.33 bits per heavy atom. The predicted molar refractivity (Wildman–Crippen MR) is 90.6 cm³/mol. The van der Waals surface area contributed by atoms with Crippen molar-refractivity contribution in [3.05, 3.63) is 73.5 Å². The van der Waals surface area contributed by atoms with Crippen molar-refractivity contribution in [2.24, 2.45) is 0 Å². The van der Waals surface area contributed by atoms with E-state index in [2.05, 4.69) is 55.1 Å². The van der Waals surface area contributed by atoms with Crippen LogP contribution in [0.3, 0.4) is 0 Å². The number of unbranched alkanes of at least 4 members (excludes halogenated alkanes) is 1. The van der Waals surface area contributed by atoms with E-state index in [4.69, 9.17) is 9.16 Å². The lowest BCUT2D eigenvalue weighted by atomic mass is 10.3. The highest BCUT2D eigenvalue weighted by Crippen LogP contribution is 1.98. The summed E-state index contributed by atoms with van der Waals surface area (Å²) in [6.45, 7) is 5.04. The van der Waals surface area contributed by atoms with Crippen LogP contribution in [0.2, 0.25) is 0 Å². The fourth-order valence-corrected chi connectivity index (χ4v) is 4.53. The van der Waals surface area contributed by atoms with E-state index >= 15 is 0 Å². The summed E-state index contributed by atoms with van der Waals surface area (Å²) in [6, 6.07) is 21.1. The van der Waals surface area contributed by atoms with Crippen molar-refractivity contribution >= 4 is 19.4 Å². The maximum atomic E-state index is 6.25. The van der Waals surface area contributed by atoms with Crippen LogP contribution in [0, 0.1) is 0 Å². The normalized spacial score (nSPS) is 10.5. The summed E-state index contributed by atoms with van der Waals surface area (Å²) in [6.07, 6.45) is 3.50. The van der Waals surface area contributed by atoms with Gasteiger partial charge in [-0.3, -0.25) is 0 Å². The third-order valence-corrected chi connectivity index (χ3v) is 5.81. The van der Waals surface area contributed by atoms with Gasteiger partial charge in [-0.1, -0.05) is 67.2 Å². The number of hydrogen-bond donors (Lipinski definition) is 0. The molecule has 0 amide bonds. The molecule has 2 aromatic carbocycles. The SMILES string of the molecule is C=COCCCCO[SiH](c1ccccc1)c1ccccc1. The molecule has 0 aliphatic rings. The second-order valence-electron chi connectivity index (χ2n) is 4.82. The van der Waals surface area contributed by atoms with Crippen molar-refractivity contribution in [3.63, 3.8) is 0 Å². The summed E-state index contributed by atoms with van der Waals surface area (Å²) in [7, 11) is -1.57. The van der Waals surface area contributed by atoms with Gasteiger partial charge in [-0.2, -0.15) is 0 Å². The van der Waals surface area contributed by atoms with E-state index in [-0.39, 0.29) is 0 Å². The molecule has 0 atom stereocenters. The average Bonchev–Trinajstić information content (AvgIpc) is 2.56. The van der Waals surface area contributed by atoms with Crippen LogP contribution in [0.1, 0.15) is 12.8 Å². The first-order chi connectivity index (χ1) is 10.4. The number of ether oxygens (including phenoxy) is 1. The molecule has 0 N–H and O–H groups in total. The first kappa shape index (κ1) is 15.5. The Balaban J connectivity index is 1.95. The Hall–Kier alpha value is -1.84. The van der Waals surface area contributed by atoms with Crippen molar-refractivity contribution in [3.8, 4) is 0 Å². The minimum atomic E-state index is -1.57. The first-order valence-corrected chi connectivity index (χ1v) is 8.98. The van der Waals surface area contributed by atoms with E-state index in [1.165, 1.54) is 16.6 Å². The lowest BCUT2D eigenvalue weighted by Crippen LogP contribution is -2.45. The molecule has 0 saturated heterocycles. The minimum absolute atomic E-state index is 0.718. The van der Waals surface area contributed by atoms with Gasteiger partial charge in [-0.05, 0) is 23.2 Å². The van der Waals surface area contributed by atoms with Crippen LogP contribution in [0.25, 0.3) is 0 Å². The molecule has 2 aromatic rings. The summed E-state index contributed by atoms with van der Waals surface area (Å²) < 4.78 is 11.4. The van der Waals surface area contributed by atoms with E-state index in [0.717, 1.165) is 26.1 Å². The Bertz CT molecular complexity index is 474. The molecule has 3 heteroatoms. The number of benzene rings is 2. The maximum absolute atomic E-state index is 6.25. The lowest BCUT2D eigenvalue weighted by Gasteiger charge is -2.17. The molecule has 110 valence electrons. The van der Waals surface area contributed by atoms with Gasteiger partial charge in [0.2, 0.25) is 9.04 Å². The molecular formula is C18H22O2Si. The van der Waals surface area contributed by atoms with Gasteiger partial charge in [0.1, 0.15) is 0 Å². The highest BCUT2D eigenvalue weighted by atomic mass is 28.3. The molecule has 0 radical (unpaired) electrons. The minimum Gasteiger partial charge on any atom is -0.502 e. The van der Waals surface area contributed by atoms with E-state index in [9.17, 15) is 0 Å². The molecule has 0 aliphatic heterocycles. The predicted octanol–water partition coefficient (Wildman–Crippen LogP) is 2.48.